The molecule has 2 heterocycles. The average molecular weight is 411 g/mol. The Labute approximate surface area is 168 Å². The number of rotatable bonds is 4. The molecular formula is C20H11ClN2O4S. The Morgan fingerprint density at radius 2 is 1.89 bits per heavy atom. The van der Waals surface area contributed by atoms with Crippen LogP contribution in [0.2, 0.25) is 5.02 Å². The second-order valence-corrected chi connectivity index (χ2v) is 7.26. The Morgan fingerprint density at radius 3 is 2.61 bits per heavy atom. The lowest BCUT2D eigenvalue weighted by molar-refractivity contribution is -0.384. The summed E-state index contributed by atoms with van der Waals surface area (Å²) in [5, 5.41) is 11.7. The van der Waals surface area contributed by atoms with Gasteiger partial charge in [0.2, 0.25) is 0 Å². The molecule has 0 saturated carbocycles. The monoisotopic (exact) mass is 410 g/mol. The third-order valence-corrected chi connectivity index (χ3v) is 5.32. The van der Waals surface area contributed by atoms with Crippen LogP contribution in [0.1, 0.15) is 11.3 Å². The van der Waals surface area contributed by atoms with Gasteiger partial charge in [-0.25, -0.2) is 4.99 Å². The highest BCUT2D eigenvalue weighted by Crippen LogP contribution is 2.35. The number of aliphatic imine (C=N–C) groups is 1. The molecule has 0 radical (unpaired) electrons. The predicted molar refractivity (Wildman–Crippen MR) is 109 cm³/mol. The zero-order chi connectivity index (χ0) is 19.7. The molecule has 0 spiro atoms. The number of nitro benzene ring substituents is 1. The Morgan fingerprint density at radius 1 is 1.11 bits per heavy atom. The number of hydrogen-bond acceptors (Lipinski definition) is 5. The van der Waals surface area contributed by atoms with Crippen molar-refractivity contribution >= 4 is 46.1 Å². The van der Waals surface area contributed by atoms with Gasteiger partial charge in [0.05, 0.1) is 14.9 Å². The number of hydrogen-bond donors (Lipinski definition) is 0. The van der Waals surface area contributed by atoms with Gasteiger partial charge in [0.1, 0.15) is 16.6 Å². The minimum absolute atomic E-state index is 0.0961. The molecule has 0 fully saturated rings. The number of halogens is 1. The number of nitrogens with zero attached hydrogens (tertiary/aromatic N) is 2. The topological polar surface area (TPSA) is 85.7 Å². The molecule has 8 heteroatoms. The molecule has 0 N–H and O–H groups in total. The number of amides is 1. The molecule has 1 aliphatic heterocycles. The number of furan rings is 1. The van der Waals surface area contributed by atoms with E-state index < -0.39 is 4.92 Å². The second kappa shape index (κ2) is 7.46. The van der Waals surface area contributed by atoms with Crippen LogP contribution < -0.4 is 0 Å². The second-order valence-electron chi connectivity index (χ2n) is 5.82. The first kappa shape index (κ1) is 18.2. The van der Waals surface area contributed by atoms with E-state index in [4.69, 9.17) is 16.0 Å². The van der Waals surface area contributed by atoms with Crippen molar-refractivity contribution in [2.24, 2.45) is 4.99 Å². The van der Waals surface area contributed by atoms with E-state index in [1.807, 2.05) is 30.3 Å². The van der Waals surface area contributed by atoms with Crippen molar-refractivity contribution in [2.45, 2.75) is 0 Å². The molecule has 1 aliphatic rings. The normalized spacial score (nSPS) is 15.1. The minimum atomic E-state index is -0.513. The van der Waals surface area contributed by atoms with E-state index in [1.165, 1.54) is 30.0 Å². The standard InChI is InChI=1S/C20H11ClN2O4S/c21-16-10-13(23(25)26)6-8-15(16)17-9-7-14(27-17)11-18-19(24)22-20(28-18)12-4-2-1-3-5-12/h1-11H/b18-11-. The first-order valence-electron chi connectivity index (χ1n) is 8.13. The highest BCUT2D eigenvalue weighted by atomic mass is 35.5. The minimum Gasteiger partial charge on any atom is -0.457 e. The van der Waals surface area contributed by atoms with Gasteiger partial charge in [0.15, 0.2) is 0 Å². The summed E-state index contributed by atoms with van der Waals surface area (Å²) in [6.07, 6.45) is 1.62. The average Bonchev–Trinajstić information content (AvgIpc) is 3.30. The summed E-state index contributed by atoms with van der Waals surface area (Å²) in [6, 6.07) is 17.0. The molecule has 4 rings (SSSR count). The van der Waals surface area contributed by atoms with Crippen LogP contribution in [-0.2, 0) is 4.79 Å². The third-order valence-electron chi connectivity index (χ3n) is 3.97. The molecule has 0 unspecified atom stereocenters. The summed E-state index contributed by atoms with van der Waals surface area (Å²) < 4.78 is 5.75. The van der Waals surface area contributed by atoms with E-state index >= 15 is 0 Å². The van der Waals surface area contributed by atoms with Crippen LogP contribution in [0.15, 0.2) is 75.0 Å². The fourth-order valence-corrected chi connectivity index (χ4v) is 3.80. The molecule has 138 valence electrons. The lowest BCUT2D eigenvalue weighted by Gasteiger charge is -2.00. The number of non-ortho nitro benzene ring substituents is 1. The molecule has 0 bridgehead atoms. The van der Waals surface area contributed by atoms with Gasteiger partial charge < -0.3 is 4.42 Å². The van der Waals surface area contributed by atoms with E-state index in [0.717, 1.165) is 5.56 Å². The van der Waals surface area contributed by atoms with Crippen molar-refractivity contribution in [1.82, 2.24) is 0 Å². The zero-order valence-corrected chi connectivity index (χ0v) is 15.7. The van der Waals surface area contributed by atoms with Gasteiger partial charge >= 0.3 is 0 Å². The Bertz CT molecular complexity index is 1150. The summed E-state index contributed by atoms with van der Waals surface area (Å²) in [7, 11) is 0. The third kappa shape index (κ3) is 3.62. The molecule has 1 aromatic heterocycles. The van der Waals surface area contributed by atoms with Crippen molar-refractivity contribution < 1.29 is 14.1 Å². The van der Waals surface area contributed by atoms with Crippen LogP contribution in [0.25, 0.3) is 17.4 Å². The van der Waals surface area contributed by atoms with E-state index in [1.54, 1.807) is 18.2 Å². The molecule has 1 amide bonds. The van der Waals surface area contributed by atoms with Gasteiger partial charge in [-0.3, -0.25) is 14.9 Å². The van der Waals surface area contributed by atoms with Gasteiger partial charge in [-0.15, -0.1) is 0 Å². The van der Waals surface area contributed by atoms with Crippen molar-refractivity contribution in [3.8, 4) is 11.3 Å². The molecule has 28 heavy (non-hydrogen) atoms. The van der Waals surface area contributed by atoms with Crippen LogP contribution in [0.3, 0.4) is 0 Å². The largest absolute Gasteiger partial charge is 0.457 e. The maximum absolute atomic E-state index is 12.2. The highest BCUT2D eigenvalue weighted by molar-refractivity contribution is 8.19. The molecular weight excluding hydrogens is 400 g/mol. The Hall–Kier alpha value is -3.16. The van der Waals surface area contributed by atoms with Crippen LogP contribution >= 0.6 is 23.4 Å². The summed E-state index contributed by atoms with van der Waals surface area (Å²) in [6.45, 7) is 0. The smallest absolute Gasteiger partial charge is 0.285 e. The SMILES string of the molecule is O=C1N=C(c2ccccc2)S/C1=C\c1ccc(-c2ccc([N+](=O)[O-])cc2Cl)o1. The summed E-state index contributed by atoms with van der Waals surface area (Å²) in [4.78, 5) is 27.0. The number of carbonyl (C=O) groups excluding carboxylic acids is 1. The lowest BCUT2D eigenvalue weighted by Crippen LogP contribution is -1.89. The van der Waals surface area contributed by atoms with Crippen molar-refractivity contribution in [2.75, 3.05) is 0 Å². The number of carbonyl (C=O) groups is 1. The first-order chi connectivity index (χ1) is 13.5. The highest BCUT2D eigenvalue weighted by Gasteiger charge is 2.23. The maximum Gasteiger partial charge on any atom is 0.285 e. The molecule has 0 saturated heterocycles. The fraction of sp³-hybridized carbons (Fsp3) is 0. The van der Waals surface area contributed by atoms with E-state index in [-0.39, 0.29) is 16.6 Å². The van der Waals surface area contributed by atoms with Gasteiger partial charge in [-0.05, 0) is 18.2 Å². The van der Waals surface area contributed by atoms with Crippen molar-refractivity contribution in [1.29, 1.82) is 0 Å². The van der Waals surface area contributed by atoms with Gasteiger partial charge in [-0.2, -0.15) is 0 Å². The van der Waals surface area contributed by atoms with Gasteiger partial charge in [-0.1, -0.05) is 53.7 Å². The van der Waals surface area contributed by atoms with Gasteiger partial charge in [0.25, 0.3) is 11.6 Å². The van der Waals surface area contributed by atoms with Crippen molar-refractivity contribution in [3.05, 3.63) is 92.0 Å². The molecule has 6 nitrogen and oxygen atoms in total. The molecule has 2 aromatic carbocycles. The molecule has 3 aromatic rings. The summed E-state index contributed by atoms with van der Waals surface area (Å²) >= 11 is 7.42. The summed E-state index contributed by atoms with van der Waals surface area (Å²) in [5.41, 5.74) is 1.31. The van der Waals surface area contributed by atoms with Crippen LogP contribution in [0.5, 0.6) is 0 Å². The van der Waals surface area contributed by atoms with Crippen LogP contribution in [0.4, 0.5) is 5.69 Å². The Balaban J connectivity index is 1.57. The first-order valence-corrected chi connectivity index (χ1v) is 9.33. The van der Waals surface area contributed by atoms with Crippen molar-refractivity contribution in [3.63, 3.8) is 0 Å². The Kier molecular flexibility index (Phi) is 4.85. The van der Waals surface area contributed by atoms with E-state index in [0.29, 0.717) is 27.0 Å². The van der Waals surface area contributed by atoms with Crippen LogP contribution in [-0.4, -0.2) is 15.9 Å². The van der Waals surface area contributed by atoms with E-state index in [2.05, 4.69) is 4.99 Å². The fourth-order valence-electron chi connectivity index (χ4n) is 2.64. The number of thioether (sulfide) groups is 1. The maximum atomic E-state index is 12.2. The quantitative estimate of drug-likeness (QED) is 0.319. The van der Waals surface area contributed by atoms with Gasteiger partial charge in [0, 0.05) is 29.3 Å². The number of benzene rings is 2. The van der Waals surface area contributed by atoms with Crippen LogP contribution in [0, 0.1) is 10.1 Å². The lowest BCUT2D eigenvalue weighted by atomic mass is 10.1. The predicted octanol–water partition coefficient (Wildman–Crippen LogP) is 5.57. The summed E-state index contributed by atoms with van der Waals surface area (Å²) in [5.74, 6) is 0.589. The number of nitro groups is 1. The molecule has 0 aliphatic carbocycles. The molecule has 0 atom stereocenters. The zero-order valence-electron chi connectivity index (χ0n) is 14.2. The van der Waals surface area contributed by atoms with E-state index in [9.17, 15) is 14.9 Å².